The van der Waals surface area contributed by atoms with E-state index in [1.807, 2.05) is 0 Å². The van der Waals surface area contributed by atoms with E-state index in [1.165, 1.54) is 0 Å². The molecule has 98 valence electrons. The molecule has 1 heterocycles. The van der Waals surface area contributed by atoms with Crippen LogP contribution in [0.5, 0.6) is 0 Å². The molecule has 1 aromatic rings. The second-order valence-corrected chi connectivity index (χ2v) is 5.40. The highest BCUT2D eigenvalue weighted by Crippen LogP contribution is 2.30. The minimum absolute atomic E-state index is 0.124. The van der Waals surface area contributed by atoms with Crippen molar-refractivity contribution < 1.29 is 4.52 Å². The molecule has 1 aromatic heterocycles. The van der Waals surface area contributed by atoms with E-state index in [2.05, 4.69) is 44.8 Å². The van der Waals surface area contributed by atoms with E-state index in [1.54, 1.807) is 0 Å². The zero-order valence-electron chi connectivity index (χ0n) is 11.6. The predicted octanol–water partition coefficient (Wildman–Crippen LogP) is 3.27. The van der Waals surface area contributed by atoms with Gasteiger partial charge < -0.3 is 10.3 Å². The molecular weight excluding hydrogens is 214 g/mol. The van der Waals surface area contributed by atoms with Gasteiger partial charge in [0.15, 0.2) is 5.82 Å². The van der Waals surface area contributed by atoms with E-state index in [9.17, 15) is 0 Å². The number of nitrogens with two attached hydrogens (primary N) is 1. The predicted molar refractivity (Wildman–Crippen MR) is 68.6 cm³/mol. The van der Waals surface area contributed by atoms with Crippen LogP contribution < -0.4 is 5.73 Å². The van der Waals surface area contributed by atoms with Crippen LogP contribution in [0.4, 0.5) is 0 Å². The van der Waals surface area contributed by atoms with Crippen molar-refractivity contribution in [3.05, 3.63) is 11.7 Å². The number of rotatable bonds is 6. The van der Waals surface area contributed by atoms with Crippen LogP contribution >= 0.6 is 0 Å². The monoisotopic (exact) mass is 239 g/mol. The summed E-state index contributed by atoms with van der Waals surface area (Å²) in [6.07, 6.45) is 1.91. The largest absolute Gasteiger partial charge is 0.338 e. The SMILES string of the molecule is CCCC(N)c1nc(C(C(C)C)C(C)C)no1. The molecule has 17 heavy (non-hydrogen) atoms. The Balaban J connectivity index is 2.85. The smallest absolute Gasteiger partial charge is 0.243 e. The molecule has 2 N–H and O–H groups in total. The molecule has 0 amide bonds. The number of nitrogens with zero attached hydrogens (tertiary/aromatic N) is 2. The van der Waals surface area contributed by atoms with Crippen molar-refractivity contribution in [3.63, 3.8) is 0 Å². The fourth-order valence-electron chi connectivity index (χ4n) is 2.33. The minimum Gasteiger partial charge on any atom is -0.338 e. The van der Waals surface area contributed by atoms with Gasteiger partial charge in [-0.05, 0) is 18.3 Å². The maximum Gasteiger partial charge on any atom is 0.243 e. The Morgan fingerprint density at radius 3 is 2.24 bits per heavy atom. The van der Waals surface area contributed by atoms with Crippen LogP contribution in [0.3, 0.4) is 0 Å². The molecule has 4 nitrogen and oxygen atoms in total. The summed E-state index contributed by atoms with van der Waals surface area (Å²) in [6, 6.07) is -0.124. The normalized spacial score (nSPS) is 13.9. The number of hydrogen-bond donors (Lipinski definition) is 1. The third kappa shape index (κ3) is 3.53. The lowest BCUT2D eigenvalue weighted by molar-refractivity contribution is 0.323. The first-order chi connectivity index (χ1) is 7.97. The highest BCUT2D eigenvalue weighted by atomic mass is 16.5. The maximum absolute atomic E-state index is 5.97. The Morgan fingerprint density at radius 2 is 1.76 bits per heavy atom. The Morgan fingerprint density at radius 1 is 1.18 bits per heavy atom. The van der Waals surface area contributed by atoms with Gasteiger partial charge >= 0.3 is 0 Å². The molecule has 0 radical (unpaired) electrons. The summed E-state index contributed by atoms with van der Waals surface area (Å²) >= 11 is 0. The fraction of sp³-hybridized carbons (Fsp3) is 0.846. The van der Waals surface area contributed by atoms with E-state index in [0.29, 0.717) is 23.6 Å². The molecule has 0 saturated heterocycles. The van der Waals surface area contributed by atoms with Crippen LogP contribution in [0.1, 0.15) is 71.1 Å². The first kappa shape index (κ1) is 14.2. The van der Waals surface area contributed by atoms with Gasteiger partial charge in [0.1, 0.15) is 0 Å². The summed E-state index contributed by atoms with van der Waals surface area (Å²) in [4.78, 5) is 4.47. The molecule has 0 saturated carbocycles. The van der Waals surface area contributed by atoms with Crippen LogP contribution in [0, 0.1) is 11.8 Å². The van der Waals surface area contributed by atoms with Crippen LogP contribution in [0.25, 0.3) is 0 Å². The van der Waals surface area contributed by atoms with Crippen LogP contribution in [-0.4, -0.2) is 10.1 Å². The Hall–Kier alpha value is -0.900. The second-order valence-electron chi connectivity index (χ2n) is 5.40. The third-order valence-electron chi connectivity index (χ3n) is 3.11. The molecule has 0 aliphatic heterocycles. The molecule has 0 fully saturated rings. The zero-order chi connectivity index (χ0) is 13.0. The van der Waals surface area contributed by atoms with Gasteiger partial charge in [0.25, 0.3) is 0 Å². The van der Waals surface area contributed by atoms with Crippen LogP contribution in [-0.2, 0) is 0 Å². The van der Waals surface area contributed by atoms with Gasteiger partial charge in [0, 0.05) is 5.92 Å². The number of aromatic nitrogens is 2. The Labute approximate surface area is 104 Å². The van der Waals surface area contributed by atoms with Gasteiger partial charge in [-0.25, -0.2) is 0 Å². The van der Waals surface area contributed by atoms with Gasteiger partial charge in [-0.1, -0.05) is 46.2 Å². The summed E-state index contributed by atoms with van der Waals surface area (Å²) in [5, 5.41) is 4.10. The van der Waals surface area contributed by atoms with Crippen molar-refractivity contribution in [2.45, 2.75) is 59.4 Å². The lowest BCUT2D eigenvalue weighted by Gasteiger charge is -2.20. The average molecular weight is 239 g/mol. The van der Waals surface area contributed by atoms with Crippen molar-refractivity contribution in [2.24, 2.45) is 17.6 Å². The molecule has 4 heteroatoms. The fourth-order valence-corrected chi connectivity index (χ4v) is 2.33. The highest BCUT2D eigenvalue weighted by molar-refractivity contribution is 5.00. The second kappa shape index (κ2) is 6.15. The van der Waals surface area contributed by atoms with E-state index in [4.69, 9.17) is 10.3 Å². The molecule has 0 aromatic carbocycles. The molecule has 1 unspecified atom stereocenters. The standard InChI is InChI=1S/C13H25N3O/c1-6-7-10(14)13-15-12(16-17-13)11(8(2)3)9(4)5/h8-11H,6-7,14H2,1-5H3. The van der Waals surface area contributed by atoms with Crippen LogP contribution in [0.2, 0.25) is 0 Å². The summed E-state index contributed by atoms with van der Waals surface area (Å²) in [6.45, 7) is 10.8. The lowest BCUT2D eigenvalue weighted by Crippen LogP contribution is -2.16. The van der Waals surface area contributed by atoms with Gasteiger partial charge in [0.05, 0.1) is 6.04 Å². The minimum atomic E-state index is -0.124. The quantitative estimate of drug-likeness (QED) is 0.827. The van der Waals surface area contributed by atoms with Gasteiger partial charge in [-0.2, -0.15) is 4.98 Å². The molecule has 0 spiro atoms. The van der Waals surface area contributed by atoms with E-state index in [0.717, 1.165) is 18.7 Å². The lowest BCUT2D eigenvalue weighted by atomic mass is 9.85. The van der Waals surface area contributed by atoms with E-state index < -0.39 is 0 Å². The summed E-state index contributed by atoms with van der Waals surface area (Å²) in [5.41, 5.74) is 5.97. The van der Waals surface area contributed by atoms with Crippen molar-refractivity contribution >= 4 is 0 Å². The molecule has 1 rings (SSSR count). The molecular formula is C13H25N3O. The molecule has 0 bridgehead atoms. The topological polar surface area (TPSA) is 64.9 Å². The highest BCUT2D eigenvalue weighted by Gasteiger charge is 2.26. The average Bonchev–Trinajstić information content (AvgIpc) is 2.66. The maximum atomic E-state index is 5.97. The first-order valence-corrected chi connectivity index (χ1v) is 6.56. The summed E-state index contributed by atoms with van der Waals surface area (Å²) in [5.74, 6) is 2.72. The van der Waals surface area contributed by atoms with Crippen molar-refractivity contribution in [2.75, 3.05) is 0 Å². The Bertz CT molecular complexity index is 325. The third-order valence-corrected chi connectivity index (χ3v) is 3.11. The first-order valence-electron chi connectivity index (χ1n) is 6.56. The molecule has 0 aliphatic rings. The van der Waals surface area contributed by atoms with Crippen LogP contribution in [0.15, 0.2) is 4.52 Å². The zero-order valence-corrected chi connectivity index (χ0v) is 11.6. The summed E-state index contributed by atoms with van der Waals surface area (Å²) in [7, 11) is 0. The Kier molecular flexibility index (Phi) is 5.12. The van der Waals surface area contributed by atoms with Crippen molar-refractivity contribution in [1.29, 1.82) is 0 Å². The number of hydrogen-bond acceptors (Lipinski definition) is 4. The van der Waals surface area contributed by atoms with Gasteiger partial charge in [0.2, 0.25) is 5.89 Å². The van der Waals surface area contributed by atoms with Gasteiger partial charge in [-0.3, -0.25) is 0 Å². The summed E-state index contributed by atoms with van der Waals surface area (Å²) < 4.78 is 5.27. The van der Waals surface area contributed by atoms with Gasteiger partial charge in [-0.15, -0.1) is 0 Å². The van der Waals surface area contributed by atoms with Crippen molar-refractivity contribution in [1.82, 2.24) is 10.1 Å². The molecule has 1 atom stereocenters. The van der Waals surface area contributed by atoms with E-state index in [-0.39, 0.29) is 6.04 Å². The molecule has 0 aliphatic carbocycles. The van der Waals surface area contributed by atoms with Crippen molar-refractivity contribution in [3.8, 4) is 0 Å². The van der Waals surface area contributed by atoms with E-state index >= 15 is 0 Å².